The highest BCUT2D eigenvalue weighted by molar-refractivity contribution is 5.91. The van der Waals surface area contributed by atoms with Crippen molar-refractivity contribution in [3.8, 4) is 11.1 Å². The molecular weight excluding hydrogens is 320 g/mol. The molecule has 0 saturated heterocycles. The second-order valence-corrected chi connectivity index (χ2v) is 6.36. The molecule has 0 aliphatic carbocycles. The Hall–Kier alpha value is -3.14. The van der Waals surface area contributed by atoms with Crippen molar-refractivity contribution in [2.45, 2.75) is 13.8 Å². The number of benzene rings is 3. The minimum Gasteiger partial charge on any atom is -0.398 e. The zero-order valence-corrected chi connectivity index (χ0v) is 15.1. The average molecular weight is 342 g/mol. The minimum absolute atomic E-state index is 0.768. The minimum atomic E-state index is 0.768. The number of nitrogens with two attached hydrogens (primary N) is 1. The molecule has 130 valence electrons. The first kappa shape index (κ1) is 16.3. The van der Waals surface area contributed by atoms with E-state index in [2.05, 4.69) is 49.1 Å². The normalized spacial score (nSPS) is 11.2. The number of para-hydroxylation sites is 1. The standard InChI is InChI=1S/C22H22N4/c1-3-26(4-2)16-10-12-20-22(14-16)25-21-13-15(9-11-19(21)24-20)17-7-5-6-8-18(17)23/h5-14H,3-4,23H2,1-2H3. The lowest BCUT2D eigenvalue weighted by molar-refractivity contribution is 0.867. The van der Waals surface area contributed by atoms with Crippen LogP contribution < -0.4 is 10.6 Å². The van der Waals surface area contributed by atoms with Gasteiger partial charge in [-0.05, 0) is 55.8 Å². The zero-order chi connectivity index (χ0) is 18.1. The van der Waals surface area contributed by atoms with E-state index in [1.54, 1.807) is 0 Å². The summed E-state index contributed by atoms with van der Waals surface area (Å²) in [5.41, 5.74) is 13.8. The second-order valence-electron chi connectivity index (χ2n) is 6.36. The quantitative estimate of drug-likeness (QED) is 0.424. The summed E-state index contributed by atoms with van der Waals surface area (Å²) in [6, 6.07) is 20.3. The van der Waals surface area contributed by atoms with E-state index >= 15 is 0 Å². The highest BCUT2D eigenvalue weighted by Crippen LogP contribution is 2.29. The van der Waals surface area contributed by atoms with Crippen molar-refractivity contribution in [1.29, 1.82) is 0 Å². The van der Waals surface area contributed by atoms with Gasteiger partial charge in [0.05, 0.1) is 22.1 Å². The van der Waals surface area contributed by atoms with Crippen LogP contribution in [0, 0.1) is 0 Å². The number of nitrogens with zero attached hydrogens (tertiary/aromatic N) is 3. The van der Waals surface area contributed by atoms with Crippen molar-refractivity contribution in [2.24, 2.45) is 0 Å². The molecular formula is C22H22N4. The Kier molecular flexibility index (Phi) is 4.17. The molecule has 0 atom stereocenters. The Morgan fingerprint density at radius 2 is 1.42 bits per heavy atom. The molecule has 4 rings (SSSR count). The van der Waals surface area contributed by atoms with E-state index in [-0.39, 0.29) is 0 Å². The van der Waals surface area contributed by atoms with Crippen LogP contribution in [0.2, 0.25) is 0 Å². The first-order valence-electron chi connectivity index (χ1n) is 9.01. The molecule has 4 aromatic rings. The van der Waals surface area contributed by atoms with Crippen molar-refractivity contribution < 1.29 is 0 Å². The largest absolute Gasteiger partial charge is 0.398 e. The number of hydrogen-bond donors (Lipinski definition) is 1. The first-order chi connectivity index (χ1) is 12.7. The van der Waals surface area contributed by atoms with E-state index in [0.29, 0.717) is 0 Å². The number of rotatable bonds is 4. The molecule has 0 saturated carbocycles. The van der Waals surface area contributed by atoms with Crippen LogP contribution in [-0.4, -0.2) is 23.1 Å². The van der Waals surface area contributed by atoms with Crippen molar-refractivity contribution in [3.05, 3.63) is 60.7 Å². The second kappa shape index (κ2) is 6.64. The van der Waals surface area contributed by atoms with Gasteiger partial charge < -0.3 is 10.6 Å². The van der Waals surface area contributed by atoms with Crippen molar-refractivity contribution in [1.82, 2.24) is 9.97 Å². The van der Waals surface area contributed by atoms with Crippen LogP contribution in [-0.2, 0) is 0 Å². The Balaban J connectivity index is 1.86. The van der Waals surface area contributed by atoms with Gasteiger partial charge >= 0.3 is 0 Å². The maximum atomic E-state index is 6.13. The van der Waals surface area contributed by atoms with E-state index in [4.69, 9.17) is 15.7 Å². The van der Waals surface area contributed by atoms with E-state index in [1.165, 1.54) is 5.69 Å². The smallest absolute Gasteiger partial charge is 0.0915 e. The number of nitrogen functional groups attached to an aromatic ring is 1. The summed E-state index contributed by atoms with van der Waals surface area (Å²) < 4.78 is 0. The summed E-state index contributed by atoms with van der Waals surface area (Å²) in [5.74, 6) is 0. The number of aromatic nitrogens is 2. The van der Waals surface area contributed by atoms with Crippen LogP contribution in [0.3, 0.4) is 0 Å². The Morgan fingerprint density at radius 1 is 0.769 bits per heavy atom. The van der Waals surface area contributed by atoms with E-state index in [9.17, 15) is 0 Å². The van der Waals surface area contributed by atoms with Gasteiger partial charge in [0.2, 0.25) is 0 Å². The molecule has 1 heterocycles. The van der Waals surface area contributed by atoms with Gasteiger partial charge in [-0.25, -0.2) is 9.97 Å². The van der Waals surface area contributed by atoms with Gasteiger partial charge in [-0.15, -0.1) is 0 Å². The van der Waals surface area contributed by atoms with Crippen LogP contribution >= 0.6 is 0 Å². The maximum Gasteiger partial charge on any atom is 0.0915 e. The van der Waals surface area contributed by atoms with Crippen molar-refractivity contribution >= 4 is 33.4 Å². The molecule has 0 unspecified atom stereocenters. The van der Waals surface area contributed by atoms with E-state index in [1.807, 2.05) is 30.3 Å². The summed E-state index contributed by atoms with van der Waals surface area (Å²) in [6.45, 7) is 6.27. The molecule has 4 nitrogen and oxygen atoms in total. The van der Waals surface area contributed by atoms with Crippen LogP contribution in [0.4, 0.5) is 11.4 Å². The molecule has 4 heteroatoms. The van der Waals surface area contributed by atoms with Gasteiger partial charge in [0.25, 0.3) is 0 Å². The van der Waals surface area contributed by atoms with Gasteiger partial charge in [-0.2, -0.15) is 0 Å². The highest BCUT2D eigenvalue weighted by atomic mass is 15.1. The summed E-state index contributed by atoms with van der Waals surface area (Å²) >= 11 is 0. The fraction of sp³-hybridized carbons (Fsp3) is 0.182. The topological polar surface area (TPSA) is 55.0 Å². The Labute approximate surface area is 153 Å². The lowest BCUT2D eigenvalue weighted by atomic mass is 10.0. The fourth-order valence-electron chi connectivity index (χ4n) is 3.38. The van der Waals surface area contributed by atoms with Gasteiger partial charge in [-0.1, -0.05) is 24.3 Å². The number of fused-ring (bicyclic) bond motifs is 2. The van der Waals surface area contributed by atoms with E-state index in [0.717, 1.165) is 52.0 Å². The van der Waals surface area contributed by atoms with Crippen LogP contribution in [0.15, 0.2) is 60.7 Å². The van der Waals surface area contributed by atoms with Crippen LogP contribution in [0.1, 0.15) is 13.8 Å². The summed E-state index contributed by atoms with van der Waals surface area (Å²) in [4.78, 5) is 12.0. The van der Waals surface area contributed by atoms with Crippen molar-refractivity contribution in [2.75, 3.05) is 23.7 Å². The summed E-state index contributed by atoms with van der Waals surface area (Å²) in [7, 11) is 0. The Bertz CT molecular complexity index is 1080. The SMILES string of the molecule is CCN(CC)c1ccc2nc3ccc(-c4ccccc4N)cc3nc2c1. The molecule has 0 fully saturated rings. The van der Waals surface area contributed by atoms with E-state index < -0.39 is 0 Å². The van der Waals surface area contributed by atoms with Gasteiger partial charge in [0.1, 0.15) is 0 Å². The third-order valence-corrected chi connectivity index (χ3v) is 4.82. The average Bonchev–Trinajstić information content (AvgIpc) is 2.67. The van der Waals surface area contributed by atoms with Crippen LogP contribution in [0.25, 0.3) is 33.2 Å². The molecule has 0 radical (unpaired) electrons. The molecule has 0 spiro atoms. The molecule has 1 aromatic heterocycles. The van der Waals surface area contributed by atoms with Crippen molar-refractivity contribution in [3.63, 3.8) is 0 Å². The summed E-state index contributed by atoms with van der Waals surface area (Å²) in [5, 5.41) is 0. The molecule has 0 aliphatic rings. The fourth-order valence-corrected chi connectivity index (χ4v) is 3.38. The maximum absolute atomic E-state index is 6.13. The molecule has 0 bridgehead atoms. The number of hydrogen-bond acceptors (Lipinski definition) is 4. The predicted molar refractivity (Wildman–Crippen MR) is 110 cm³/mol. The Morgan fingerprint density at radius 3 is 2.15 bits per heavy atom. The predicted octanol–water partition coefficient (Wildman–Crippen LogP) is 4.88. The first-order valence-corrected chi connectivity index (χ1v) is 9.01. The van der Waals surface area contributed by atoms with Gasteiger partial charge in [-0.3, -0.25) is 0 Å². The monoisotopic (exact) mass is 342 g/mol. The third kappa shape index (κ3) is 2.84. The molecule has 26 heavy (non-hydrogen) atoms. The summed E-state index contributed by atoms with van der Waals surface area (Å²) in [6.07, 6.45) is 0. The molecule has 0 aliphatic heterocycles. The van der Waals surface area contributed by atoms with Crippen LogP contribution in [0.5, 0.6) is 0 Å². The lowest BCUT2D eigenvalue weighted by Gasteiger charge is -2.21. The highest BCUT2D eigenvalue weighted by Gasteiger charge is 2.08. The molecule has 3 aromatic carbocycles. The number of anilines is 2. The third-order valence-electron chi connectivity index (χ3n) is 4.82. The molecule has 0 amide bonds. The lowest BCUT2D eigenvalue weighted by Crippen LogP contribution is -2.21. The van der Waals surface area contributed by atoms with Gasteiger partial charge in [0.15, 0.2) is 0 Å². The zero-order valence-electron chi connectivity index (χ0n) is 15.1. The molecule has 2 N–H and O–H groups in total. The van der Waals surface area contributed by atoms with Gasteiger partial charge in [0, 0.05) is 30.0 Å².